The van der Waals surface area contributed by atoms with Gasteiger partial charge in [0, 0.05) is 13.0 Å². The van der Waals surface area contributed by atoms with Crippen molar-refractivity contribution in [2.75, 3.05) is 19.8 Å². The van der Waals surface area contributed by atoms with Crippen LogP contribution in [0, 0.1) is 5.92 Å². The fourth-order valence-electron chi connectivity index (χ4n) is 1.43. The normalized spacial score (nSPS) is 10.3. The molecule has 5 heteroatoms. The van der Waals surface area contributed by atoms with Crippen molar-refractivity contribution in [1.29, 1.82) is 0 Å². The third kappa shape index (κ3) is 13.0. The summed E-state index contributed by atoms with van der Waals surface area (Å²) in [4.78, 5) is 22.3. The minimum absolute atomic E-state index is 0.149. The first-order valence-electron chi connectivity index (χ1n) is 7.12. The molecular formula is C14H27NO4. The third-order valence-corrected chi connectivity index (χ3v) is 2.56. The monoisotopic (exact) mass is 273 g/mol. The highest BCUT2D eigenvalue weighted by atomic mass is 16.5. The summed E-state index contributed by atoms with van der Waals surface area (Å²) in [6.07, 6.45) is 3.51. The largest absolute Gasteiger partial charge is 0.466 e. The number of ether oxygens (including phenoxy) is 2. The van der Waals surface area contributed by atoms with Crippen molar-refractivity contribution < 1.29 is 19.1 Å². The first kappa shape index (κ1) is 17.7. The summed E-state index contributed by atoms with van der Waals surface area (Å²) in [5.74, 6) is 0.388. The first-order chi connectivity index (χ1) is 9.06. The van der Waals surface area contributed by atoms with Crippen molar-refractivity contribution >= 4 is 12.1 Å². The Hall–Kier alpha value is -1.26. The minimum Gasteiger partial charge on any atom is -0.466 e. The second kappa shape index (κ2) is 11.8. The number of hydrogen-bond acceptors (Lipinski definition) is 4. The van der Waals surface area contributed by atoms with Crippen LogP contribution >= 0.6 is 0 Å². The molecule has 0 aromatic carbocycles. The molecule has 0 heterocycles. The van der Waals surface area contributed by atoms with Crippen LogP contribution in [0.2, 0.25) is 0 Å². The number of amides is 1. The summed E-state index contributed by atoms with van der Waals surface area (Å²) in [5, 5.41) is 2.69. The predicted octanol–water partition coefficient (Wildman–Crippen LogP) is 2.88. The number of hydrogen-bond donors (Lipinski definition) is 1. The van der Waals surface area contributed by atoms with Gasteiger partial charge < -0.3 is 14.8 Å². The molecular weight excluding hydrogens is 246 g/mol. The van der Waals surface area contributed by atoms with Crippen molar-refractivity contribution in [1.82, 2.24) is 5.32 Å². The summed E-state index contributed by atoms with van der Waals surface area (Å²) in [6.45, 7) is 7.46. The van der Waals surface area contributed by atoms with Gasteiger partial charge in [-0.2, -0.15) is 0 Å². The number of rotatable bonds is 10. The molecule has 0 aliphatic carbocycles. The molecule has 0 aromatic heterocycles. The quantitative estimate of drug-likeness (QED) is 0.491. The van der Waals surface area contributed by atoms with Crippen LogP contribution in [-0.2, 0) is 14.3 Å². The number of unbranched alkanes of at least 4 members (excludes halogenated alkanes) is 2. The van der Waals surface area contributed by atoms with E-state index in [1.807, 2.05) is 0 Å². The van der Waals surface area contributed by atoms with Gasteiger partial charge in [0.1, 0.15) is 0 Å². The van der Waals surface area contributed by atoms with E-state index in [0.29, 0.717) is 32.1 Å². The van der Waals surface area contributed by atoms with Crippen LogP contribution in [0.4, 0.5) is 4.79 Å². The van der Waals surface area contributed by atoms with Gasteiger partial charge in [-0.3, -0.25) is 4.79 Å². The number of carbonyl (C=O) groups excluding carboxylic acids is 2. The Kier molecular flexibility index (Phi) is 11.0. The molecule has 1 N–H and O–H groups in total. The number of carbonyl (C=O) groups is 2. The molecule has 0 bridgehead atoms. The average Bonchev–Trinajstić information content (AvgIpc) is 2.33. The molecule has 19 heavy (non-hydrogen) atoms. The van der Waals surface area contributed by atoms with Crippen LogP contribution in [-0.4, -0.2) is 31.8 Å². The Bertz CT molecular complexity index is 254. The lowest BCUT2D eigenvalue weighted by Gasteiger charge is -2.08. The van der Waals surface area contributed by atoms with Gasteiger partial charge in [-0.25, -0.2) is 4.79 Å². The van der Waals surface area contributed by atoms with Crippen molar-refractivity contribution in [2.24, 2.45) is 5.92 Å². The lowest BCUT2D eigenvalue weighted by molar-refractivity contribution is -0.143. The van der Waals surface area contributed by atoms with Gasteiger partial charge >= 0.3 is 12.1 Å². The minimum atomic E-state index is -0.356. The second-order valence-electron chi connectivity index (χ2n) is 4.86. The van der Waals surface area contributed by atoms with Gasteiger partial charge in [-0.05, 0) is 32.1 Å². The van der Waals surface area contributed by atoms with E-state index in [4.69, 9.17) is 9.47 Å². The molecule has 0 atom stereocenters. The lowest BCUT2D eigenvalue weighted by Crippen LogP contribution is -2.25. The molecule has 0 radical (unpaired) electrons. The first-order valence-corrected chi connectivity index (χ1v) is 7.12. The molecule has 0 saturated heterocycles. The Balaban J connectivity index is 3.29. The summed E-state index contributed by atoms with van der Waals surface area (Å²) in [6, 6.07) is 0. The fraction of sp³-hybridized carbons (Fsp3) is 0.857. The molecule has 0 saturated carbocycles. The highest BCUT2D eigenvalue weighted by molar-refractivity contribution is 5.69. The fourth-order valence-corrected chi connectivity index (χ4v) is 1.43. The molecule has 0 spiro atoms. The smallest absolute Gasteiger partial charge is 0.407 e. The molecule has 1 amide bonds. The maximum atomic E-state index is 11.2. The highest BCUT2D eigenvalue weighted by Gasteiger charge is 2.03. The van der Waals surface area contributed by atoms with Crippen molar-refractivity contribution in [2.45, 2.75) is 52.9 Å². The summed E-state index contributed by atoms with van der Waals surface area (Å²) < 4.78 is 9.83. The topological polar surface area (TPSA) is 64.6 Å². The lowest BCUT2D eigenvalue weighted by atomic mass is 10.1. The Morgan fingerprint density at radius 1 is 1.11 bits per heavy atom. The van der Waals surface area contributed by atoms with Crippen molar-refractivity contribution in [3.05, 3.63) is 0 Å². The van der Waals surface area contributed by atoms with Crippen LogP contribution < -0.4 is 5.32 Å². The Morgan fingerprint density at radius 3 is 2.47 bits per heavy atom. The van der Waals surface area contributed by atoms with Gasteiger partial charge in [0.05, 0.1) is 13.2 Å². The van der Waals surface area contributed by atoms with Crippen LogP contribution in [0.25, 0.3) is 0 Å². The SMILES string of the molecule is CCOC(=O)CCCCCNC(=O)OCCC(C)C. The van der Waals surface area contributed by atoms with E-state index in [2.05, 4.69) is 19.2 Å². The molecule has 112 valence electrons. The van der Waals surface area contributed by atoms with Crippen LogP contribution in [0.5, 0.6) is 0 Å². The standard InChI is InChI=1S/C14H27NO4/c1-4-18-13(16)8-6-5-7-10-15-14(17)19-11-9-12(2)3/h12H,4-11H2,1-3H3,(H,15,17). The maximum Gasteiger partial charge on any atom is 0.407 e. The number of alkyl carbamates (subject to hydrolysis) is 1. The Morgan fingerprint density at radius 2 is 1.84 bits per heavy atom. The second-order valence-corrected chi connectivity index (χ2v) is 4.86. The molecule has 0 unspecified atom stereocenters. The summed E-state index contributed by atoms with van der Waals surface area (Å²) >= 11 is 0. The molecule has 5 nitrogen and oxygen atoms in total. The highest BCUT2D eigenvalue weighted by Crippen LogP contribution is 2.01. The summed E-state index contributed by atoms with van der Waals surface area (Å²) in [5.41, 5.74) is 0. The zero-order valence-electron chi connectivity index (χ0n) is 12.4. The van der Waals surface area contributed by atoms with Gasteiger partial charge in [-0.1, -0.05) is 20.3 Å². The van der Waals surface area contributed by atoms with Gasteiger partial charge in [-0.15, -0.1) is 0 Å². The van der Waals surface area contributed by atoms with E-state index in [9.17, 15) is 9.59 Å². The molecule has 0 fully saturated rings. The zero-order valence-corrected chi connectivity index (χ0v) is 12.4. The van der Waals surface area contributed by atoms with Gasteiger partial charge in [0.2, 0.25) is 0 Å². The zero-order chi connectivity index (χ0) is 14.5. The van der Waals surface area contributed by atoms with E-state index in [1.165, 1.54) is 0 Å². The molecule has 0 rings (SSSR count). The van der Waals surface area contributed by atoms with E-state index < -0.39 is 0 Å². The van der Waals surface area contributed by atoms with E-state index in [0.717, 1.165) is 25.7 Å². The van der Waals surface area contributed by atoms with Crippen molar-refractivity contribution in [3.63, 3.8) is 0 Å². The van der Waals surface area contributed by atoms with Crippen LogP contribution in [0.1, 0.15) is 52.9 Å². The van der Waals surface area contributed by atoms with E-state index >= 15 is 0 Å². The third-order valence-electron chi connectivity index (χ3n) is 2.56. The average molecular weight is 273 g/mol. The van der Waals surface area contributed by atoms with Gasteiger partial charge in [0.15, 0.2) is 0 Å². The molecule has 0 aliphatic rings. The number of nitrogens with one attached hydrogen (secondary N) is 1. The van der Waals surface area contributed by atoms with Crippen LogP contribution in [0.3, 0.4) is 0 Å². The van der Waals surface area contributed by atoms with E-state index in [-0.39, 0.29) is 12.1 Å². The van der Waals surface area contributed by atoms with E-state index in [1.54, 1.807) is 6.92 Å². The predicted molar refractivity (Wildman–Crippen MR) is 73.9 cm³/mol. The van der Waals surface area contributed by atoms with Crippen molar-refractivity contribution in [3.8, 4) is 0 Å². The molecule has 0 aliphatic heterocycles. The van der Waals surface area contributed by atoms with Crippen LogP contribution in [0.15, 0.2) is 0 Å². The molecule has 0 aromatic rings. The van der Waals surface area contributed by atoms with Gasteiger partial charge in [0.25, 0.3) is 0 Å². The Labute approximate surface area is 116 Å². The maximum absolute atomic E-state index is 11.2. The summed E-state index contributed by atoms with van der Waals surface area (Å²) in [7, 11) is 0. The number of esters is 1.